The highest BCUT2D eigenvalue weighted by Gasteiger charge is 2.29. The van der Waals surface area contributed by atoms with Gasteiger partial charge in [-0.25, -0.2) is 13.2 Å². The van der Waals surface area contributed by atoms with Crippen LogP contribution in [0.4, 0.5) is 0 Å². The summed E-state index contributed by atoms with van der Waals surface area (Å²) < 4.78 is 43.1. The number of hydrogen-bond donors (Lipinski definition) is 0. The largest absolute Gasteiger partial charge is 0.486 e. The Hall–Kier alpha value is -2.10. The van der Waals surface area contributed by atoms with Gasteiger partial charge in [-0.05, 0) is 31.0 Å². The number of carbonyl (C=O) groups is 1. The molecule has 3 heterocycles. The molecule has 0 bridgehead atoms. The number of thiophene rings is 1. The molecule has 27 heavy (non-hydrogen) atoms. The highest BCUT2D eigenvalue weighted by molar-refractivity contribution is 7.89. The van der Waals surface area contributed by atoms with Gasteiger partial charge in [-0.3, -0.25) is 0 Å². The Morgan fingerprint density at radius 2 is 1.96 bits per heavy atom. The molecule has 2 aliphatic heterocycles. The number of carbonyl (C=O) groups excluding carboxylic acids is 1. The lowest BCUT2D eigenvalue weighted by atomic mass is 10.3. The lowest BCUT2D eigenvalue weighted by Crippen LogP contribution is -2.34. The van der Waals surface area contributed by atoms with Crippen LogP contribution in [-0.4, -0.2) is 51.1 Å². The van der Waals surface area contributed by atoms with E-state index >= 15 is 0 Å². The van der Waals surface area contributed by atoms with Crippen molar-refractivity contribution < 1.29 is 27.4 Å². The number of rotatable bonds is 5. The summed E-state index contributed by atoms with van der Waals surface area (Å²) in [4.78, 5) is 12.7. The predicted octanol–water partition coefficient (Wildman–Crippen LogP) is 2.53. The van der Waals surface area contributed by atoms with Crippen LogP contribution in [0, 0.1) is 0 Å². The fraction of sp³-hybridized carbons (Fsp3) is 0.389. The molecular weight excluding hydrogens is 390 g/mol. The van der Waals surface area contributed by atoms with Gasteiger partial charge in [0.2, 0.25) is 10.0 Å². The number of para-hydroxylation sites is 2. The van der Waals surface area contributed by atoms with Crippen molar-refractivity contribution in [2.45, 2.75) is 23.8 Å². The molecule has 9 heteroatoms. The van der Waals surface area contributed by atoms with Crippen molar-refractivity contribution in [1.82, 2.24) is 4.31 Å². The average Bonchev–Trinajstić information content (AvgIpc) is 3.38. The highest BCUT2D eigenvalue weighted by atomic mass is 32.2. The van der Waals surface area contributed by atoms with Crippen molar-refractivity contribution in [3.8, 4) is 11.5 Å². The maximum Gasteiger partial charge on any atom is 0.348 e. The van der Waals surface area contributed by atoms with E-state index in [0.717, 1.165) is 24.2 Å². The van der Waals surface area contributed by atoms with Gasteiger partial charge in [0.05, 0.1) is 4.90 Å². The Kier molecular flexibility index (Phi) is 5.07. The van der Waals surface area contributed by atoms with E-state index in [1.807, 2.05) is 18.2 Å². The van der Waals surface area contributed by atoms with Gasteiger partial charge in [0.1, 0.15) is 18.1 Å². The standard InChI is InChI=1S/C18H19NO6S2/c20-18(24-11-13-10-23-15-5-1-2-6-16(15)25-13)17-9-14(12-26-17)27(21,22)19-7-3-4-8-19/h1-2,5-6,9,12-13H,3-4,7-8,10-11H2/t13-/m0/s1. The van der Waals surface area contributed by atoms with Crippen LogP contribution in [0.5, 0.6) is 11.5 Å². The van der Waals surface area contributed by atoms with Crippen LogP contribution in [0.15, 0.2) is 40.6 Å². The molecule has 0 aliphatic carbocycles. The van der Waals surface area contributed by atoms with Gasteiger partial charge >= 0.3 is 5.97 Å². The van der Waals surface area contributed by atoms with E-state index in [0.29, 0.717) is 24.6 Å². The van der Waals surface area contributed by atoms with Crippen LogP contribution in [0.3, 0.4) is 0 Å². The average molecular weight is 409 g/mol. The molecule has 0 N–H and O–H groups in total. The van der Waals surface area contributed by atoms with Crippen LogP contribution in [0.25, 0.3) is 0 Å². The van der Waals surface area contributed by atoms with Crippen molar-refractivity contribution in [2.24, 2.45) is 0 Å². The first-order valence-corrected chi connectivity index (χ1v) is 11.0. The fourth-order valence-electron chi connectivity index (χ4n) is 3.02. The molecule has 1 atom stereocenters. The zero-order valence-electron chi connectivity index (χ0n) is 14.5. The van der Waals surface area contributed by atoms with Gasteiger partial charge in [0, 0.05) is 18.5 Å². The summed E-state index contributed by atoms with van der Waals surface area (Å²) in [5.41, 5.74) is 0. The summed E-state index contributed by atoms with van der Waals surface area (Å²) >= 11 is 1.07. The van der Waals surface area contributed by atoms with Gasteiger partial charge in [-0.2, -0.15) is 4.31 Å². The maximum absolute atomic E-state index is 12.5. The lowest BCUT2D eigenvalue weighted by Gasteiger charge is -2.25. The van der Waals surface area contributed by atoms with Crippen molar-refractivity contribution in [3.63, 3.8) is 0 Å². The number of sulfonamides is 1. The molecule has 1 fully saturated rings. The van der Waals surface area contributed by atoms with E-state index in [9.17, 15) is 13.2 Å². The van der Waals surface area contributed by atoms with Crippen LogP contribution < -0.4 is 9.47 Å². The minimum atomic E-state index is -3.53. The Balaban J connectivity index is 1.36. The number of hydrogen-bond acceptors (Lipinski definition) is 7. The van der Waals surface area contributed by atoms with Crippen molar-refractivity contribution in [3.05, 3.63) is 40.6 Å². The van der Waals surface area contributed by atoms with Gasteiger partial charge in [0.25, 0.3) is 0 Å². The third kappa shape index (κ3) is 3.80. The molecule has 0 amide bonds. The second-order valence-electron chi connectivity index (χ2n) is 6.35. The molecule has 1 aromatic carbocycles. The van der Waals surface area contributed by atoms with Gasteiger partial charge in [-0.1, -0.05) is 12.1 Å². The number of benzene rings is 1. The molecule has 0 unspecified atom stereocenters. The number of esters is 1. The maximum atomic E-state index is 12.5. The molecule has 4 rings (SSSR count). The molecule has 0 saturated carbocycles. The molecule has 144 valence electrons. The zero-order chi connectivity index (χ0) is 18.9. The Morgan fingerprint density at radius 3 is 2.74 bits per heavy atom. The van der Waals surface area contributed by atoms with Crippen LogP contribution in [0.2, 0.25) is 0 Å². The summed E-state index contributed by atoms with van der Waals surface area (Å²) in [6.45, 7) is 1.36. The van der Waals surface area contributed by atoms with E-state index in [-0.39, 0.29) is 23.0 Å². The second kappa shape index (κ2) is 7.49. The summed E-state index contributed by atoms with van der Waals surface area (Å²) in [5, 5.41) is 1.49. The summed E-state index contributed by atoms with van der Waals surface area (Å²) in [6, 6.07) is 8.68. The molecule has 1 aromatic heterocycles. The molecule has 2 aliphatic rings. The predicted molar refractivity (Wildman–Crippen MR) is 98.9 cm³/mol. The summed E-state index contributed by atoms with van der Waals surface area (Å²) in [7, 11) is -3.53. The molecule has 1 saturated heterocycles. The number of nitrogens with zero attached hydrogens (tertiary/aromatic N) is 1. The van der Waals surface area contributed by atoms with Crippen molar-refractivity contribution >= 4 is 27.3 Å². The fourth-order valence-corrected chi connectivity index (χ4v) is 5.69. The molecule has 0 radical (unpaired) electrons. The van der Waals surface area contributed by atoms with Gasteiger partial charge in [0.15, 0.2) is 17.6 Å². The zero-order valence-corrected chi connectivity index (χ0v) is 16.1. The summed E-state index contributed by atoms with van der Waals surface area (Å²) in [6.07, 6.45) is 1.33. The third-order valence-electron chi connectivity index (χ3n) is 4.45. The quantitative estimate of drug-likeness (QED) is 0.706. The van der Waals surface area contributed by atoms with Crippen molar-refractivity contribution in [2.75, 3.05) is 26.3 Å². The van der Waals surface area contributed by atoms with E-state index in [4.69, 9.17) is 14.2 Å². The monoisotopic (exact) mass is 409 g/mol. The third-order valence-corrected chi connectivity index (χ3v) is 7.38. The molecule has 0 spiro atoms. The normalized spacial score (nSPS) is 19.8. The topological polar surface area (TPSA) is 82.1 Å². The van der Waals surface area contributed by atoms with Gasteiger partial charge < -0.3 is 14.2 Å². The van der Waals surface area contributed by atoms with Crippen molar-refractivity contribution in [1.29, 1.82) is 0 Å². The minimum absolute atomic E-state index is 0.0271. The lowest BCUT2D eigenvalue weighted by molar-refractivity contribution is 0.0113. The van der Waals surface area contributed by atoms with Crippen LogP contribution >= 0.6 is 11.3 Å². The second-order valence-corrected chi connectivity index (χ2v) is 9.20. The Morgan fingerprint density at radius 1 is 1.22 bits per heavy atom. The molecule has 2 aromatic rings. The smallest absolute Gasteiger partial charge is 0.348 e. The van der Waals surface area contributed by atoms with Crippen LogP contribution in [-0.2, 0) is 14.8 Å². The number of fused-ring (bicyclic) bond motifs is 1. The Bertz CT molecular complexity index is 933. The van der Waals surface area contributed by atoms with E-state index in [1.54, 1.807) is 6.07 Å². The first-order valence-electron chi connectivity index (χ1n) is 8.68. The van der Waals surface area contributed by atoms with E-state index in [1.165, 1.54) is 15.8 Å². The SMILES string of the molecule is O=C(OC[C@@H]1COc2ccccc2O1)c1cc(S(=O)(=O)N2CCCC2)cs1. The Labute approximate surface area is 161 Å². The number of ether oxygens (including phenoxy) is 3. The molecular formula is C18H19NO6S2. The van der Waals surface area contributed by atoms with Gasteiger partial charge in [-0.15, -0.1) is 11.3 Å². The highest BCUT2D eigenvalue weighted by Crippen LogP contribution is 2.31. The molecule has 7 nitrogen and oxygen atoms in total. The summed E-state index contributed by atoms with van der Waals surface area (Å²) in [5.74, 6) is 0.709. The first kappa shape index (κ1) is 18.3. The first-order chi connectivity index (χ1) is 13.0. The van der Waals surface area contributed by atoms with E-state index in [2.05, 4.69) is 0 Å². The minimum Gasteiger partial charge on any atom is -0.486 e. The van der Waals surface area contributed by atoms with E-state index < -0.39 is 22.1 Å². The van der Waals surface area contributed by atoms with Crippen LogP contribution in [0.1, 0.15) is 22.5 Å².